The highest BCUT2D eigenvalue weighted by Gasteiger charge is 2.47. The van der Waals surface area contributed by atoms with Crippen molar-refractivity contribution in [3.63, 3.8) is 0 Å². The molecule has 70 heavy (non-hydrogen) atoms. The van der Waals surface area contributed by atoms with Gasteiger partial charge in [0.25, 0.3) is 0 Å². The third-order valence-electron chi connectivity index (χ3n) is 14.5. The second-order valence-corrected chi connectivity index (χ2v) is 19.4. The van der Waals surface area contributed by atoms with Gasteiger partial charge in [0.05, 0.1) is 11.1 Å². The molecule has 2 aromatic heterocycles. The first-order chi connectivity index (χ1) is 34.7. The summed E-state index contributed by atoms with van der Waals surface area (Å²) >= 11 is 1.86. The Bertz CT molecular complexity index is 4090. The molecule has 14 rings (SSSR count). The zero-order valence-electron chi connectivity index (χ0n) is 38.1. The van der Waals surface area contributed by atoms with E-state index in [2.05, 4.69) is 254 Å². The molecule has 0 unspecified atom stereocenters. The molecule has 13 aromatic rings. The average Bonchev–Trinajstić information content (AvgIpc) is 4.10. The Morgan fingerprint density at radius 2 is 0.886 bits per heavy atom. The van der Waals surface area contributed by atoms with E-state index in [4.69, 9.17) is 4.42 Å². The van der Waals surface area contributed by atoms with E-state index in [1.54, 1.807) is 0 Å². The first-order valence-corrected chi connectivity index (χ1v) is 24.8. The minimum Gasteiger partial charge on any atom is -0.456 e. The van der Waals surface area contributed by atoms with Crippen LogP contribution < -0.4 is 4.90 Å². The largest absolute Gasteiger partial charge is 0.456 e. The molecule has 0 fully saturated rings. The molecule has 0 aliphatic heterocycles. The van der Waals surface area contributed by atoms with Gasteiger partial charge in [-0.3, -0.25) is 0 Å². The number of thiophene rings is 1. The van der Waals surface area contributed by atoms with Gasteiger partial charge >= 0.3 is 0 Å². The monoisotopic (exact) mass is 909 g/mol. The number of rotatable bonds is 8. The predicted molar refractivity (Wildman–Crippen MR) is 295 cm³/mol. The van der Waals surface area contributed by atoms with Gasteiger partial charge in [0.15, 0.2) is 0 Å². The van der Waals surface area contributed by atoms with Crippen LogP contribution in [0, 0.1) is 0 Å². The number of furan rings is 1. The molecular formula is C67H43NOS. The van der Waals surface area contributed by atoms with Gasteiger partial charge in [-0.15, -0.1) is 11.3 Å². The third kappa shape index (κ3) is 6.32. The van der Waals surface area contributed by atoms with Crippen LogP contribution in [0.25, 0.3) is 86.6 Å². The maximum Gasteiger partial charge on any atom is 0.135 e. The van der Waals surface area contributed by atoms with Crippen LogP contribution in [0.1, 0.15) is 22.3 Å². The Balaban J connectivity index is 0.938. The topological polar surface area (TPSA) is 16.4 Å². The summed E-state index contributed by atoms with van der Waals surface area (Å²) in [6.07, 6.45) is 0. The van der Waals surface area contributed by atoms with Crippen molar-refractivity contribution in [2.75, 3.05) is 4.90 Å². The molecule has 2 nitrogen and oxygen atoms in total. The lowest BCUT2D eigenvalue weighted by Crippen LogP contribution is -2.28. The highest BCUT2D eigenvalue weighted by molar-refractivity contribution is 7.25. The van der Waals surface area contributed by atoms with Crippen LogP contribution >= 0.6 is 11.3 Å². The van der Waals surface area contributed by atoms with Crippen molar-refractivity contribution < 1.29 is 4.42 Å². The summed E-state index contributed by atoms with van der Waals surface area (Å²) in [5, 5.41) is 4.87. The zero-order valence-corrected chi connectivity index (χ0v) is 38.9. The summed E-state index contributed by atoms with van der Waals surface area (Å²) in [6.45, 7) is 0. The number of hydrogen-bond acceptors (Lipinski definition) is 3. The Morgan fingerprint density at radius 1 is 0.329 bits per heavy atom. The van der Waals surface area contributed by atoms with E-state index in [0.717, 1.165) is 55.7 Å². The second-order valence-electron chi connectivity index (χ2n) is 18.4. The molecule has 0 N–H and O–H groups in total. The summed E-state index contributed by atoms with van der Waals surface area (Å²) in [5.41, 5.74) is 19.1. The normalized spacial score (nSPS) is 12.7. The van der Waals surface area contributed by atoms with Gasteiger partial charge in [-0.25, -0.2) is 0 Å². The van der Waals surface area contributed by atoms with Crippen molar-refractivity contribution in [2.45, 2.75) is 5.41 Å². The first kappa shape index (κ1) is 40.3. The molecule has 0 radical (unpaired) electrons. The van der Waals surface area contributed by atoms with Crippen molar-refractivity contribution in [1.82, 2.24) is 0 Å². The van der Waals surface area contributed by atoms with Crippen molar-refractivity contribution >= 4 is 70.5 Å². The van der Waals surface area contributed by atoms with E-state index < -0.39 is 5.41 Å². The second kappa shape index (κ2) is 16.2. The smallest absolute Gasteiger partial charge is 0.135 e. The van der Waals surface area contributed by atoms with Gasteiger partial charge in [0, 0.05) is 47.9 Å². The standard InChI is InChI=1S/C67H43NOS/c1-3-19-50(20-4-1)67(51-21-5-2-6-22-51)59-27-10-7-26-56(59)66-60(67)28-15-29-61(66)68(53-23-14-18-47(41-53)48-34-38-63-57(42-48)54-24-8-11-30-62(54)69-63)52-36-32-44(33-37-52)45-16-13-17-46(40-45)49-35-39-65-58(43-49)55-25-9-12-31-64(55)70-65/h1-43H. The Labute approximate surface area is 410 Å². The molecule has 0 atom stereocenters. The van der Waals surface area contributed by atoms with Gasteiger partial charge in [0.2, 0.25) is 0 Å². The van der Waals surface area contributed by atoms with Crippen LogP contribution in [0.2, 0.25) is 0 Å². The molecular weight excluding hydrogens is 867 g/mol. The fraction of sp³-hybridized carbons (Fsp3) is 0.0149. The predicted octanol–water partition coefficient (Wildman–Crippen LogP) is 18.8. The highest BCUT2D eigenvalue weighted by atomic mass is 32.1. The van der Waals surface area contributed by atoms with E-state index >= 15 is 0 Å². The number of anilines is 3. The van der Waals surface area contributed by atoms with Crippen molar-refractivity contribution in [1.29, 1.82) is 0 Å². The van der Waals surface area contributed by atoms with Gasteiger partial charge in [0.1, 0.15) is 11.2 Å². The molecule has 2 heterocycles. The number of hydrogen-bond donors (Lipinski definition) is 0. The number of benzene rings is 11. The molecule has 0 spiro atoms. The van der Waals surface area contributed by atoms with Crippen LogP contribution in [0.15, 0.2) is 265 Å². The van der Waals surface area contributed by atoms with Crippen molar-refractivity contribution in [2.24, 2.45) is 0 Å². The minimum absolute atomic E-state index is 0.531. The van der Waals surface area contributed by atoms with Crippen LogP contribution in [-0.4, -0.2) is 0 Å². The molecule has 0 amide bonds. The lowest BCUT2D eigenvalue weighted by atomic mass is 9.68. The zero-order chi connectivity index (χ0) is 46.2. The molecule has 0 saturated heterocycles. The summed E-state index contributed by atoms with van der Waals surface area (Å²) in [4.78, 5) is 2.47. The Morgan fingerprint density at radius 3 is 1.69 bits per heavy atom. The summed E-state index contributed by atoms with van der Waals surface area (Å²) in [7, 11) is 0. The summed E-state index contributed by atoms with van der Waals surface area (Å²) < 4.78 is 8.90. The van der Waals surface area contributed by atoms with E-state index in [1.165, 1.54) is 70.2 Å². The SMILES string of the molecule is c1ccc(C2(c3ccccc3)c3ccccc3-c3c(N(c4ccc(-c5cccc(-c6ccc7sc8ccccc8c7c6)c5)cc4)c4cccc(-c5ccc6oc7ccccc7c6c5)c4)cccc32)cc1. The molecule has 1 aliphatic carbocycles. The average molecular weight is 910 g/mol. The van der Waals surface area contributed by atoms with E-state index in [1.807, 2.05) is 23.5 Å². The lowest BCUT2D eigenvalue weighted by molar-refractivity contribution is 0.669. The van der Waals surface area contributed by atoms with Gasteiger partial charge in [-0.05, 0) is 134 Å². The Hall–Kier alpha value is -8.76. The fourth-order valence-electron chi connectivity index (χ4n) is 11.4. The van der Waals surface area contributed by atoms with Crippen molar-refractivity contribution in [3.05, 3.63) is 283 Å². The van der Waals surface area contributed by atoms with E-state index in [-0.39, 0.29) is 0 Å². The maximum absolute atomic E-state index is 6.26. The molecule has 1 aliphatic rings. The van der Waals surface area contributed by atoms with Crippen LogP contribution in [-0.2, 0) is 5.41 Å². The molecule has 11 aromatic carbocycles. The molecule has 328 valence electrons. The van der Waals surface area contributed by atoms with E-state index in [0.29, 0.717) is 0 Å². The van der Waals surface area contributed by atoms with Crippen LogP contribution in [0.5, 0.6) is 0 Å². The number of para-hydroxylation sites is 1. The highest BCUT2D eigenvalue weighted by Crippen LogP contribution is 2.59. The first-order valence-electron chi connectivity index (χ1n) is 24.0. The van der Waals surface area contributed by atoms with Crippen LogP contribution in [0.4, 0.5) is 17.1 Å². The van der Waals surface area contributed by atoms with Crippen molar-refractivity contribution in [3.8, 4) is 44.5 Å². The quantitative estimate of drug-likeness (QED) is 0.151. The van der Waals surface area contributed by atoms with Crippen LogP contribution in [0.3, 0.4) is 0 Å². The van der Waals surface area contributed by atoms with Gasteiger partial charge < -0.3 is 9.32 Å². The lowest BCUT2D eigenvalue weighted by Gasteiger charge is -2.34. The number of fused-ring (bicyclic) bond motifs is 9. The number of nitrogens with zero attached hydrogens (tertiary/aromatic N) is 1. The summed E-state index contributed by atoms with van der Waals surface area (Å²) in [6, 6.07) is 95.7. The van der Waals surface area contributed by atoms with Gasteiger partial charge in [-0.1, -0.05) is 188 Å². The molecule has 3 heteroatoms. The molecule has 0 bridgehead atoms. The Kier molecular flexibility index (Phi) is 9.33. The van der Waals surface area contributed by atoms with E-state index in [9.17, 15) is 0 Å². The summed E-state index contributed by atoms with van der Waals surface area (Å²) in [5.74, 6) is 0. The van der Waals surface area contributed by atoms with Gasteiger partial charge in [-0.2, -0.15) is 0 Å². The third-order valence-corrected chi connectivity index (χ3v) is 15.7. The fourth-order valence-corrected chi connectivity index (χ4v) is 12.5. The maximum atomic E-state index is 6.26. The minimum atomic E-state index is -0.531. The molecule has 0 saturated carbocycles.